The Morgan fingerprint density at radius 1 is 1.09 bits per heavy atom. The minimum atomic E-state index is -4.91. The number of alkyl carbamates (subject to hydrolysis) is 1. The van der Waals surface area contributed by atoms with Crippen LogP contribution in [0.1, 0.15) is 79.6 Å². The number of nitrogens with zero attached hydrogens (tertiary/aromatic N) is 4. The summed E-state index contributed by atoms with van der Waals surface area (Å²) in [5.41, 5.74) is -3.80. The lowest BCUT2D eigenvalue weighted by Crippen LogP contribution is -2.59. The highest BCUT2D eigenvalue weighted by atomic mass is 32.2. The molecule has 2 aromatic heterocycles. The summed E-state index contributed by atoms with van der Waals surface area (Å²) in [6.45, 7) is 6.33. The molecule has 7 rings (SSSR count). The van der Waals surface area contributed by atoms with Crippen LogP contribution in [0.15, 0.2) is 48.8 Å². The molecule has 3 N–H and O–H groups in total. The molecule has 0 radical (unpaired) electrons. The topological polar surface area (TPSA) is 190 Å². The number of nitrogens with one attached hydrogen (secondary N) is 3. The first-order chi connectivity index (χ1) is 27.1. The van der Waals surface area contributed by atoms with Gasteiger partial charge >= 0.3 is 12.3 Å². The fraction of sp³-hybridized carbons (Fsp3) is 0.590. The first-order valence-corrected chi connectivity index (χ1v) is 20.9. The minimum absolute atomic E-state index is 0.0386. The van der Waals surface area contributed by atoms with Gasteiger partial charge in [-0.05, 0) is 83.3 Å². The Labute approximate surface area is 333 Å². The number of hydrogen-bond donors (Lipinski definition) is 3. The molecule has 4 aliphatic rings. The Bertz CT molecular complexity index is 2280. The molecule has 2 aliphatic carbocycles. The third-order valence-corrected chi connectivity index (χ3v) is 14.2. The lowest BCUT2D eigenvalue weighted by Gasteiger charge is -2.34. The smallest absolute Gasteiger partial charge is 0.427 e. The lowest BCUT2D eigenvalue weighted by molar-refractivity contribution is -0.244. The van der Waals surface area contributed by atoms with Crippen LogP contribution in [0, 0.1) is 17.8 Å². The van der Waals surface area contributed by atoms with Gasteiger partial charge in [0.15, 0.2) is 0 Å². The van der Waals surface area contributed by atoms with Crippen molar-refractivity contribution in [2.24, 2.45) is 17.8 Å². The van der Waals surface area contributed by atoms with Gasteiger partial charge in [-0.25, -0.2) is 18.2 Å². The Hall–Kier alpha value is -4.94. The minimum Gasteiger partial charge on any atom is -0.472 e. The molecule has 314 valence electrons. The number of ether oxygens (including phenoxy) is 2. The van der Waals surface area contributed by atoms with Gasteiger partial charge in [0.25, 0.3) is 5.91 Å². The highest BCUT2D eigenvalue weighted by Gasteiger charge is 2.63. The van der Waals surface area contributed by atoms with Crippen molar-refractivity contribution >= 4 is 50.5 Å². The molecule has 15 nitrogen and oxygen atoms in total. The van der Waals surface area contributed by atoms with Crippen molar-refractivity contribution in [3.8, 4) is 5.88 Å². The number of fused-ring (bicyclic) bond motifs is 5. The summed E-state index contributed by atoms with van der Waals surface area (Å²) in [6.07, 6.45) is 1.96. The second kappa shape index (κ2) is 14.7. The zero-order chi connectivity index (χ0) is 42.0. The van der Waals surface area contributed by atoms with Crippen molar-refractivity contribution in [3.05, 3.63) is 48.8 Å². The molecule has 1 aromatic carbocycles. The normalized spacial score (nSPS) is 29.6. The number of aromatic nitrogens is 3. The zero-order valence-electron chi connectivity index (χ0n) is 32.8. The lowest BCUT2D eigenvalue weighted by atomic mass is 9.88. The van der Waals surface area contributed by atoms with Crippen LogP contribution < -0.4 is 20.1 Å². The van der Waals surface area contributed by atoms with Crippen molar-refractivity contribution in [1.29, 1.82) is 0 Å². The maximum absolute atomic E-state index is 14.8. The second-order valence-electron chi connectivity index (χ2n) is 17.0. The van der Waals surface area contributed by atoms with Gasteiger partial charge in [-0.15, -0.1) is 0 Å². The van der Waals surface area contributed by atoms with Crippen molar-refractivity contribution < 1.29 is 50.2 Å². The van der Waals surface area contributed by atoms with E-state index in [2.05, 4.69) is 25.3 Å². The van der Waals surface area contributed by atoms with Crippen molar-refractivity contribution in [2.45, 2.75) is 120 Å². The zero-order valence-corrected chi connectivity index (χ0v) is 33.7. The molecule has 3 aromatic rings. The highest BCUT2D eigenvalue weighted by Crippen LogP contribution is 2.48. The summed E-state index contributed by atoms with van der Waals surface area (Å²) >= 11 is 0. The standard InChI is InChI=1S/C39H48F3N7O8S/c1-22-10-6-7-11-24-20-38(24,33(52)47-58(54,55)37(5)14-15-37)46-30(50)28-19-25(56-31-26-12-8-9-13-27(26)48-17-16-43-34(48)45-31)21-49(28)32(51)29(23(2)18-22)44-35(53)57-36(3,4)39(40,41)42/h7-9,11-13,16-17,22-25,28-29H,6,10,14-15,18-21H2,1-5H3,(H,44,53)(H,46,50)(H,47,52)/b11-7-/t22-,23+,24+,25+,28-,29-,38+/m0/s1. The number of hydrogen-bond acceptors (Lipinski definition) is 10. The molecular formula is C39H48F3N7O8S. The molecule has 7 atom stereocenters. The molecule has 0 bridgehead atoms. The molecule has 0 spiro atoms. The van der Waals surface area contributed by atoms with E-state index in [0.29, 0.717) is 57.1 Å². The Balaban J connectivity index is 1.24. The Kier molecular flexibility index (Phi) is 10.5. The van der Waals surface area contributed by atoms with E-state index in [1.165, 1.54) is 11.8 Å². The van der Waals surface area contributed by atoms with Gasteiger partial charge in [-0.3, -0.25) is 23.5 Å². The van der Waals surface area contributed by atoms with Crippen LogP contribution in [-0.2, 0) is 29.1 Å². The molecule has 0 unspecified atom stereocenters. The van der Waals surface area contributed by atoms with Gasteiger partial charge < -0.3 is 25.0 Å². The van der Waals surface area contributed by atoms with Gasteiger partial charge in [0.2, 0.25) is 39.1 Å². The molecule has 2 saturated carbocycles. The molecule has 2 aliphatic heterocycles. The van der Waals surface area contributed by atoms with Crippen LogP contribution in [-0.4, -0.2) is 98.3 Å². The van der Waals surface area contributed by atoms with Gasteiger partial charge in [-0.1, -0.05) is 38.1 Å². The number of rotatable bonds is 7. The number of allylic oxidation sites excluding steroid dienone is 1. The number of para-hydroxylation sites is 1. The van der Waals surface area contributed by atoms with E-state index in [1.807, 2.05) is 25.1 Å². The van der Waals surface area contributed by atoms with Crippen molar-refractivity contribution in [3.63, 3.8) is 0 Å². The highest BCUT2D eigenvalue weighted by molar-refractivity contribution is 7.91. The van der Waals surface area contributed by atoms with E-state index in [0.717, 1.165) is 5.52 Å². The molecule has 19 heteroatoms. The van der Waals surface area contributed by atoms with Crippen LogP contribution in [0.3, 0.4) is 0 Å². The Morgan fingerprint density at radius 2 is 1.81 bits per heavy atom. The maximum Gasteiger partial charge on any atom is 0.427 e. The molecule has 58 heavy (non-hydrogen) atoms. The van der Waals surface area contributed by atoms with E-state index in [4.69, 9.17) is 9.47 Å². The first kappa shape index (κ1) is 41.2. The number of alkyl halides is 3. The number of carbonyl (C=O) groups is 4. The molecule has 4 heterocycles. The Morgan fingerprint density at radius 3 is 2.52 bits per heavy atom. The summed E-state index contributed by atoms with van der Waals surface area (Å²) in [4.78, 5) is 66.5. The van der Waals surface area contributed by atoms with Gasteiger partial charge in [0.1, 0.15) is 23.7 Å². The SMILES string of the molecule is C[C@H]1CC/C=C\[C@@H]2C[C@@]2(C(=O)NS(=O)(=O)C2(C)CC2)NC(=O)[C@@H]2C[C@@H](Oc3nc4nccn4c4ccccc34)CN2C(=O)[C@@H](NC(=O)OC(C)(C)C(F)(F)F)[C@H](C)C1. The molecule has 3 fully saturated rings. The third-order valence-electron chi connectivity index (χ3n) is 12.0. The van der Waals surface area contributed by atoms with Gasteiger partial charge in [0.05, 0.1) is 22.2 Å². The van der Waals surface area contributed by atoms with E-state index < -0.39 is 85.9 Å². The summed E-state index contributed by atoms with van der Waals surface area (Å²) in [5, 5.41) is 5.80. The largest absolute Gasteiger partial charge is 0.472 e. The fourth-order valence-electron chi connectivity index (χ4n) is 7.87. The number of carbonyl (C=O) groups excluding carboxylic acids is 4. The summed E-state index contributed by atoms with van der Waals surface area (Å²) < 4.78 is 81.8. The average Bonchev–Trinajstić information content (AvgIpc) is 3.92. The maximum atomic E-state index is 14.8. The number of halogens is 3. The summed E-state index contributed by atoms with van der Waals surface area (Å²) in [7, 11) is -4.08. The number of benzene rings is 1. The fourth-order valence-corrected chi connectivity index (χ4v) is 9.18. The first-order valence-electron chi connectivity index (χ1n) is 19.5. The molecular weight excluding hydrogens is 784 g/mol. The van der Waals surface area contributed by atoms with E-state index in [1.54, 1.807) is 41.9 Å². The predicted octanol–water partition coefficient (Wildman–Crippen LogP) is 4.55. The van der Waals surface area contributed by atoms with E-state index >= 15 is 0 Å². The monoisotopic (exact) mass is 831 g/mol. The number of imidazole rings is 1. The van der Waals surface area contributed by atoms with Crippen LogP contribution >= 0.6 is 0 Å². The number of amides is 4. The predicted molar refractivity (Wildman–Crippen MR) is 204 cm³/mol. The van der Waals surface area contributed by atoms with Gasteiger partial charge in [-0.2, -0.15) is 18.2 Å². The quantitative estimate of drug-likeness (QED) is 0.285. The van der Waals surface area contributed by atoms with Crippen LogP contribution in [0.4, 0.5) is 18.0 Å². The summed E-state index contributed by atoms with van der Waals surface area (Å²) in [5.74, 6) is -3.18. The third kappa shape index (κ3) is 7.80. The van der Waals surface area contributed by atoms with Gasteiger partial charge in [0, 0.05) is 24.7 Å². The van der Waals surface area contributed by atoms with Crippen LogP contribution in [0.2, 0.25) is 0 Å². The van der Waals surface area contributed by atoms with Crippen molar-refractivity contribution in [2.75, 3.05) is 6.54 Å². The van der Waals surface area contributed by atoms with Crippen LogP contribution in [0.5, 0.6) is 5.88 Å². The van der Waals surface area contributed by atoms with E-state index in [-0.39, 0.29) is 31.2 Å². The van der Waals surface area contributed by atoms with Crippen molar-refractivity contribution in [1.82, 2.24) is 34.6 Å². The number of sulfonamides is 1. The summed E-state index contributed by atoms with van der Waals surface area (Å²) in [6, 6.07) is 4.50. The average molecular weight is 832 g/mol. The second-order valence-corrected chi connectivity index (χ2v) is 19.2. The molecule has 4 amide bonds. The van der Waals surface area contributed by atoms with E-state index in [9.17, 15) is 40.8 Å². The van der Waals surface area contributed by atoms with Crippen LogP contribution in [0.25, 0.3) is 16.7 Å². The molecule has 1 saturated heterocycles.